The molecule has 0 saturated carbocycles. The third kappa shape index (κ3) is 5.59. The average Bonchev–Trinajstić information content (AvgIpc) is 3.30. The first kappa shape index (κ1) is 21.8. The predicted octanol–water partition coefficient (Wildman–Crippen LogP) is 2.78. The van der Waals surface area contributed by atoms with Gasteiger partial charge in [0.1, 0.15) is 12.1 Å². The van der Waals surface area contributed by atoms with E-state index < -0.39 is 0 Å². The minimum Gasteiger partial charge on any atom is -0.490 e. The number of nitrogens with one attached hydrogen (secondary N) is 1. The van der Waals surface area contributed by atoms with Crippen LogP contribution in [0.4, 0.5) is 5.69 Å². The van der Waals surface area contributed by atoms with Crippen LogP contribution in [0.15, 0.2) is 55.2 Å². The van der Waals surface area contributed by atoms with E-state index in [9.17, 15) is 9.59 Å². The SMILES string of the molecule is CCOc1ccc(NC(=O)CN(C)C(=O)c2ccc(-n3ccnc3)nc2)cc1OCC. The van der Waals surface area contributed by atoms with Crippen molar-refractivity contribution >= 4 is 17.5 Å². The zero-order valence-electron chi connectivity index (χ0n) is 17.7. The highest BCUT2D eigenvalue weighted by Gasteiger charge is 2.16. The lowest BCUT2D eigenvalue weighted by molar-refractivity contribution is -0.116. The number of pyridine rings is 1. The Labute approximate surface area is 180 Å². The molecule has 2 amide bonds. The monoisotopic (exact) mass is 423 g/mol. The second-order valence-electron chi connectivity index (χ2n) is 6.61. The number of carbonyl (C=O) groups is 2. The largest absolute Gasteiger partial charge is 0.490 e. The smallest absolute Gasteiger partial charge is 0.255 e. The van der Waals surface area contributed by atoms with E-state index in [1.54, 1.807) is 60.7 Å². The van der Waals surface area contributed by atoms with Crippen LogP contribution in [0.1, 0.15) is 24.2 Å². The average molecular weight is 423 g/mol. The molecule has 1 aromatic carbocycles. The van der Waals surface area contributed by atoms with Crippen LogP contribution in [-0.2, 0) is 4.79 Å². The van der Waals surface area contributed by atoms with Gasteiger partial charge in [-0.2, -0.15) is 0 Å². The molecule has 1 N–H and O–H groups in total. The Morgan fingerprint density at radius 2 is 1.87 bits per heavy atom. The Hall–Kier alpha value is -3.88. The maximum absolute atomic E-state index is 12.6. The minimum atomic E-state index is -0.328. The molecule has 3 rings (SSSR count). The Balaban J connectivity index is 1.61. The molecule has 9 heteroatoms. The molecule has 9 nitrogen and oxygen atoms in total. The van der Waals surface area contributed by atoms with Crippen molar-refractivity contribution in [2.45, 2.75) is 13.8 Å². The molecule has 0 bridgehead atoms. The van der Waals surface area contributed by atoms with Gasteiger partial charge in [-0.1, -0.05) is 0 Å². The van der Waals surface area contributed by atoms with Crippen molar-refractivity contribution in [3.63, 3.8) is 0 Å². The molecule has 31 heavy (non-hydrogen) atoms. The fourth-order valence-corrected chi connectivity index (χ4v) is 2.90. The first-order chi connectivity index (χ1) is 15.0. The van der Waals surface area contributed by atoms with Gasteiger partial charge in [-0.05, 0) is 38.1 Å². The molecule has 0 fully saturated rings. The quantitative estimate of drug-likeness (QED) is 0.568. The number of rotatable bonds is 9. The Bertz CT molecular complexity index is 1020. The summed E-state index contributed by atoms with van der Waals surface area (Å²) in [7, 11) is 1.56. The van der Waals surface area contributed by atoms with Gasteiger partial charge in [0, 0.05) is 37.4 Å². The molecule has 2 aromatic heterocycles. The summed E-state index contributed by atoms with van der Waals surface area (Å²) in [6.45, 7) is 4.63. The van der Waals surface area contributed by atoms with Gasteiger partial charge in [-0.3, -0.25) is 14.2 Å². The van der Waals surface area contributed by atoms with E-state index >= 15 is 0 Å². The van der Waals surface area contributed by atoms with Crippen LogP contribution in [-0.4, -0.2) is 58.1 Å². The van der Waals surface area contributed by atoms with E-state index in [4.69, 9.17) is 9.47 Å². The van der Waals surface area contributed by atoms with Crippen LogP contribution in [0, 0.1) is 0 Å². The fraction of sp³-hybridized carbons (Fsp3) is 0.273. The predicted molar refractivity (Wildman–Crippen MR) is 116 cm³/mol. The number of benzene rings is 1. The fourth-order valence-electron chi connectivity index (χ4n) is 2.90. The highest BCUT2D eigenvalue weighted by molar-refractivity contribution is 5.99. The normalized spacial score (nSPS) is 10.4. The summed E-state index contributed by atoms with van der Waals surface area (Å²) in [4.78, 5) is 34.7. The summed E-state index contributed by atoms with van der Waals surface area (Å²) in [5.74, 6) is 1.18. The molecule has 0 unspecified atom stereocenters. The van der Waals surface area contributed by atoms with Gasteiger partial charge in [0.15, 0.2) is 11.5 Å². The topological polar surface area (TPSA) is 98.6 Å². The van der Waals surface area contributed by atoms with E-state index in [1.807, 2.05) is 13.8 Å². The van der Waals surface area contributed by atoms with E-state index in [2.05, 4.69) is 15.3 Å². The van der Waals surface area contributed by atoms with Crippen molar-refractivity contribution in [3.8, 4) is 17.3 Å². The lowest BCUT2D eigenvalue weighted by Gasteiger charge is -2.17. The maximum Gasteiger partial charge on any atom is 0.255 e. The van der Waals surface area contributed by atoms with Gasteiger partial charge in [-0.15, -0.1) is 0 Å². The number of likely N-dealkylation sites (N-methyl/N-ethyl adjacent to an activating group) is 1. The van der Waals surface area contributed by atoms with Crippen LogP contribution in [0.25, 0.3) is 5.82 Å². The number of nitrogens with zero attached hydrogens (tertiary/aromatic N) is 4. The van der Waals surface area contributed by atoms with Crippen molar-refractivity contribution in [1.82, 2.24) is 19.4 Å². The molecule has 0 spiro atoms. The summed E-state index contributed by atoms with van der Waals surface area (Å²) in [6, 6.07) is 8.56. The van der Waals surface area contributed by atoms with Crippen molar-refractivity contribution < 1.29 is 19.1 Å². The van der Waals surface area contributed by atoms with Crippen LogP contribution >= 0.6 is 0 Å². The van der Waals surface area contributed by atoms with Crippen LogP contribution < -0.4 is 14.8 Å². The first-order valence-electron chi connectivity index (χ1n) is 9.91. The minimum absolute atomic E-state index is 0.112. The second-order valence-corrected chi connectivity index (χ2v) is 6.61. The Morgan fingerprint density at radius 1 is 1.10 bits per heavy atom. The highest BCUT2D eigenvalue weighted by Crippen LogP contribution is 2.30. The lowest BCUT2D eigenvalue weighted by Crippen LogP contribution is -2.35. The van der Waals surface area contributed by atoms with Gasteiger partial charge >= 0.3 is 0 Å². The summed E-state index contributed by atoms with van der Waals surface area (Å²) in [5.41, 5.74) is 0.947. The van der Waals surface area contributed by atoms with Crippen molar-refractivity contribution in [1.29, 1.82) is 0 Å². The van der Waals surface area contributed by atoms with Gasteiger partial charge in [0.05, 0.1) is 25.3 Å². The molecule has 2 heterocycles. The van der Waals surface area contributed by atoms with E-state index in [0.717, 1.165) is 0 Å². The molecule has 0 aliphatic carbocycles. The van der Waals surface area contributed by atoms with Crippen molar-refractivity contribution in [3.05, 3.63) is 60.8 Å². The molecular formula is C22H25N5O4. The zero-order chi connectivity index (χ0) is 22.2. The molecule has 3 aromatic rings. The van der Waals surface area contributed by atoms with Gasteiger partial charge < -0.3 is 19.7 Å². The van der Waals surface area contributed by atoms with Crippen molar-refractivity contribution in [2.75, 3.05) is 32.1 Å². The van der Waals surface area contributed by atoms with E-state index in [1.165, 1.54) is 11.1 Å². The zero-order valence-corrected chi connectivity index (χ0v) is 17.7. The van der Waals surface area contributed by atoms with Crippen LogP contribution in [0.5, 0.6) is 11.5 Å². The first-order valence-corrected chi connectivity index (χ1v) is 9.91. The number of imidazole rings is 1. The standard InChI is InChI=1S/C22H25N5O4/c1-4-30-18-8-7-17(12-19(18)31-5-2)25-21(28)14-26(3)22(29)16-6-9-20(24-13-16)27-11-10-23-15-27/h6-13,15H,4-5,14H2,1-3H3,(H,25,28). The van der Waals surface area contributed by atoms with Crippen molar-refractivity contribution in [2.24, 2.45) is 0 Å². The summed E-state index contributed by atoms with van der Waals surface area (Å²) >= 11 is 0. The molecule has 0 saturated heterocycles. The van der Waals surface area contributed by atoms with Gasteiger partial charge in [0.25, 0.3) is 5.91 Å². The molecular weight excluding hydrogens is 398 g/mol. The maximum atomic E-state index is 12.6. The third-order valence-corrected chi connectivity index (χ3v) is 4.32. The summed E-state index contributed by atoms with van der Waals surface area (Å²) in [6.07, 6.45) is 6.51. The second kappa shape index (κ2) is 10.2. The highest BCUT2D eigenvalue weighted by atomic mass is 16.5. The van der Waals surface area contributed by atoms with E-state index in [0.29, 0.717) is 41.8 Å². The Morgan fingerprint density at radius 3 is 2.52 bits per heavy atom. The van der Waals surface area contributed by atoms with Gasteiger partial charge in [-0.25, -0.2) is 9.97 Å². The molecule has 162 valence electrons. The number of amides is 2. The van der Waals surface area contributed by atoms with Crippen LogP contribution in [0.3, 0.4) is 0 Å². The molecule has 0 radical (unpaired) electrons. The number of hydrogen-bond acceptors (Lipinski definition) is 6. The third-order valence-electron chi connectivity index (χ3n) is 4.32. The van der Waals surface area contributed by atoms with Crippen LogP contribution in [0.2, 0.25) is 0 Å². The summed E-state index contributed by atoms with van der Waals surface area (Å²) in [5, 5.41) is 2.78. The van der Waals surface area contributed by atoms with E-state index in [-0.39, 0.29) is 18.4 Å². The number of anilines is 1. The number of hydrogen-bond donors (Lipinski definition) is 1. The molecule has 0 atom stereocenters. The molecule has 0 aliphatic heterocycles. The number of aromatic nitrogens is 3. The van der Waals surface area contributed by atoms with Gasteiger partial charge in [0.2, 0.25) is 5.91 Å². The number of carbonyl (C=O) groups excluding carboxylic acids is 2. The number of ether oxygens (including phenoxy) is 2. The lowest BCUT2D eigenvalue weighted by atomic mass is 10.2. The Kier molecular flexibility index (Phi) is 7.21. The molecule has 0 aliphatic rings. The summed E-state index contributed by atoms with van der Waals surface area (Å²) < 4.78 is 12.8.